The van der Waals surface area contributed by atoms with Crippen molar-refractivity contribution in [2.45, 2.75) is 65.8 Å². The molecule has 0 saturated carbocycles. The highest BCUT2D eigenvalue weighted by Gasteiger charge is 2.16. The van der Waals surface area contributed by atoms with Gasteiger partial charge in [0.25, 0.3) is 11.7 Å². The fourth-order valence-corrected chi connectivity index (χ4v) is 2.50. The Morgan fingerprint density at radius 1 is 1.27 bits per heavy atom. The van der Waals surface area contributed by atoms with Crippen molar-refractivity contribution >= 4 is 11.7 Å². The molecule has 2 rings (SSSR count). The van der Waals surface area contributed by atoms with Crippen molar-refractivity contribution in [3.05, 3.63) is 23.3 Å². The van der Waals surface area contributed by atoms with E-state index in [1.165, 1.54) is 19.3 Å². The number of nitrogens with zero attached hydrogens (tertiary/aromatic N) is 4. The maximum absolute atomic E-state index is 12.2. The standard InChI is InChI=1S/C16H25N5O/c1-5-6-7-8-9-11(2)17-15(22)14-19-16-18-12(3)10-13(4)21(16)20-14/h10-11H,5-9H2,1-4H3,(H,17,22). The summed E-state index contributed by atoms with van der Waals surface area (Å²) >= 11 is 0. The number of amides is 1. The number of carbonyl (C=O) groups is 1. The van der Waals surface area contributed by atoms with Gasteiger partial charge in [0, 0.05) is 17.4 Å². The zero-order chi connectivity index (χ0) is 16.1. The van der Waals surface area contributed by atoms with Crippen molar-refractivity contribution in [2.75, 3.05) is 0 Å². The Bertz CT molecular complexity index is 649. The summed E-state index contributed by atoms with van der Waals surface area (Å²) in [5.41, 5.74) is 1.79. The predicted molar refractivity (Wildman–Crippen MR) is 85.9 cm³/mol. The van der Waals surface area contributed by atoms with E-state index in [2.05, 4.69) is 27.3 Å². The van der Waals surface area contributed by atoms with Gasteiger partial charge in [0.1, 0.15) is 0 Å². The minimum atomic E-state index is -0.231. The van der Waals surface area contributed by atoms with Crippen LogP contribution >= 0.6 is 0 Å². The Kier molecular flexibility index (Phi) is 5.46. The highest BCUT2D eigenvalue weighted by atomic mass is 16.2. The molecule has 0 radical (unpaired) electrons. The van der Waals surface area contributed by atoms with E-state index in [9.17, 15) is 4.79 Å². The topological polar surface area (TPSA) is 72.2 Å². The predicted octanol–water partition coefficient (Wildman–Crippen LogP) is 2.83. The van der Waals surface area contributed by atoms with Gasteiger partial charge in [0.05, 0.1) is 0 Å². The second-order valence-corrected chi connectivity index (χ2v) is 5.91. The zero-order valence-electron chi connectivity index (χ0n) is 13.9. The van der Waals surface area contributed by atoms with Gasteiger partial charge in [-0.2, -0.15) is 4.98 Å². The lowest BCUT2D eigenvalue weighted by atomic mass is 10.1. The summed E-state index contributed by atoms with van der Waals surface area (Å²) in [6.07, 6.45) is 5.80. The molecule has 2 aromatic rings. The van der Waals surface area contributed by atoms with Gasteiger partial charge in [0.15, 0.2) is 0 Å². The monoisotopic (exact) mass is 303 g/mol. The van der Waals surface area contributed by atoms with Crippen LogP contribution in [-0.2, 0) is 0 Å². The SMILES string of the molecule is CCCCCCC(C)NC(=O)c1nc2nc(C)cc(C)n2n1. The van der Waals surface area contributed by atoms with E-state index in [0.29, 0.717) is 5.78 Å². The van der Waals surface area contributed by atoms with Crippen LogP contribution in [0.5, 0.6) is 0 Å². The summed E-state index contributed by atoms with van der Waals surface area (Å²) < 4.78 is 1.60. The largest absolute Gasteiger partial charge is 0.347 e. The molecular formula is C16H25N5O. The average Bonchev–Trinajstić information content (AvgIpc) is 2.88. The first-order chi connectivity index (χ1) is 10.5. The molecule has 6 heteroatoms. The molecular weight excluding hydrogens is 278 g/mol. The summed E-state index contributed by atoms with van der Waals surface area (Å²) in [6, 6.07) is 2.05. The molecule has 1 amide bonds. The lowest BCUT2D eigenvalue weighted by molar-refractivity contribution is 0.0927. The molecule has 22 heavy (non-hydrogen) atoms. The summed E-state index contributed by atoms with van der Waals surface area (Å²) in [6.45, 7) is 8.04. The first-order valence-electron chi connectivity index (χ1n) is 8.03. The van der Waals surface area contributed by atoms with Crippen molar-refractivity contribution in [2.24, 2.45) is 0 Å². The number of aromatic nitrogens is 4. The minimum Gasteiger partial charge on any atom is -0.347 e. The minimum absolute atomic E-state index is 0.131. The van der Waals surface area contributed by atoms with Gasteiger partial charge in [0.2, 0.25) is 5.82 Å². The number of hydrogen-bond acceptors (Lipinski definition) is 4. The second-order valence-electron chi connectivity index (χ2n) is 5.91. The van der Waals surface area contributed by atoms with Crippen LogP contribution in [0.15, 0.2) is 6.07 Å². The Morgan fingerprint density at radius 3 is 2.77 bits per heavy atom. The van der Waals surface area contributed by atoms with E-state index in [0.717, 1.165) is 24.2 Å². The van der Waals surface area contributed by atoms with E-state index < -0.39 is 0 Å². The van der Waals surface area contributed by atoms with Gasteiger partial charge in [-0.05, 0) is 33.3 Å². The van der Waals surface area contributed by atoms with Crippen molar-refractivity contribution in [1.29, 1.82) is 0 Å². The van der Waals surface area contributed by atoms with Gasteiger partial charge in [-0.15, -0.1) is 5.10 Å². The lowest BCUT2D eigenvalue weighted by Gasteiger charge is -2.11. The van der Waals surface area contributed by atoms with E-state index in [-0.39, 0.29) is 17.8 Å². The summed E-state index contributed by atoms with van der Waals surface area (Å²) in [5, 5.41) is 7.21. The molecule has 2 heterocycles. The zero-order valence-corrected chi connectivity index (χ0v) is 13.9. The van der Waals surface area contributed by atoms with Crippen LogP contribution in [-0.4, -0.2) is 31.5 Å². The summed E-state index contributed by atoms with van der Waals surface area (Å²) in [4.78, 5) is 20.8. The summed E-state index contributed by atoms with van der Waals surface area (Å²) in [7, 11) is 0. The number of hydrogen-bond donors (Lipinski definition) is 1. The number of fused-ring (bicyclic) bond motifs is 1. The Hall–Kier alpha value is -1.98. The molecule has 0 spiro atoms. The van der Waals surface area contributed by atoms with E-state index in [1.807, 2.05) is 26.8 Å². The maximum Gasteiger partial charge on any atom is 0.291 e. The van der Waals surface area contributed by atoms with Crippen molar-refractivity contribution in [3.8, 4) is 0 Å². The van der Waals surface area contributed by atoms with Crippen molar-refractivity contribution < 1.29 is 4.79 Å². The van der Waals surface area contributed by atoms with Gasteiger partial charge < -0.3 is 5.32 Å². The smallest absolute Gasteiger partial charge is 0.291 e. The molecule has 0 aliphatic heterocycles. The van der Waals surface area contributed by atoms with Crippen LogP contribution in [0.4, 0.5) is 0 Å². The van der Waals surface area contributed by atoms with Crippen LogP contribution in [0, 0.1) is 13.8 Å². The normalized spacial score (nSPS) is 12.5. The van der Waals surface area contributed by atoms with Crippen LogP contribution in [0.1, 0.15) is 68.0 Å². The summed E-state index contributed by atoms with van der Waals surface area (Å²) in [5.74, 6) is 0.422. The molecule has 2 aromatic heterocycles. The lowest BCUT2D eigenvalue weighted by Crippen LogP contribution is -2.33. The third-order valence-electron chi connectivity index (χ3n) is 3.69. The first-order valence-corrected chi connectivity index (χ1v) is 8.03. The van der Waals surface area contributed by atoms with Crippen LogP contribution in [0.3, 0.4) is 0 Å². The molecule has 0 bridgehead atoms. The number of aryl methyl sites for hydroxylation is 2. The fraction of sp³-hybridized carbons (Fsp3) is 0.625. The van der Waals surface area contributed by atoms with Crippen LogP contribution in [0.25, 0.3) is 5.78 Å². The molecule has 6 nitrogen and oxygen atoms in total. The highest BCUT2D eigenvalue weighted by molar-refractivity contribution is 5.91. The van der Waals surface area contributed by atoms with Crippen molar-refractivity contribution in [3.63, 3.8) is 0 Å². The molecule has 0 aromatic carbocycles. The maximum atomic E-state index is 12.2. The van der Waals surface area contributed by atoms with Gasteiger partial charge in [-0.3, -0.25) is 4.79 Å². The van der Waals surface area contributed by atoms with Crippen LogP contribution < -0.4 is 5.32 Å². The molecule has 1 N–H and O–H groups in total. The molecule has 120 valence electrons. The van der Waals surface area contributed by atoms with E-state index >= 15 is 0 Å². The third kappa shape index (κ3) is 4.02. The number of carbonyl (C=O) groups excluding carboxylic acids is 1. The average molecular weight is 303 g/mol. The van der Waals surface area contributed by atoms with Gasteiger partial charge in [-0.1, -0.05) is 32.6 Å². The number of rotatable bonds is 7. The quantitative estimate of drug-likeness (QED) is 0.798. The Labute approximate surface area is 131 Å². The molecule has 0 aliphatic carbocycles. The first kappa shape index (κ1) is 16.4. The van der Waals surface area contributed by atoms with E-state index in [1.54, 1.807) is 4.52 Å². The second kappa shape index (κ2) is 7.33. The Balaban J connectivity index is 1.99. The van der Waals surface area contributed by atoms with Crippen molar-refractivity contribution in [1.82, 2.24) is 24.9 Å². The molecule has 0 saturated heterocycles. The number of nitrogens with one attached hydrogen (secondary N) is 1. The molecule has 1 atom stereocenters. The number of unbranched alkanes of at least 4 members (excludes halogenated alkanes) is 3. The van der Waals surface area contributed by atoms with Crippen LogP contribution in [0.2, 0.25) is 0 Å². The van der Waals surface area contributed by atoms with E-state index in [4.69, 9.17) is 0 Å². The fourth-order valence-electron chi connectivity index (χ4n) is 2.50. The molecule has 0 aliphatic rings. The molecule has 0 fully saturated rings. The third-order valence-corrected chi connectivity index (χ3v) is 3.69. The van der Waals surface area contributed by atoms with Gasteiger partial charge in [-0.25, -0.2) is 9.50 Å². The van der Waals surface area contributed by atoms with Gasteiger partial charge >= 0.3 is 0 Å². The molecule has 1 unspecified atom stereocenters. The Morgan fingerprint density at radius 2 is 2.05 bits per heavy atom. The highest BCUT2D eigenvalue weighted by Crippen LogP contribution is 2.07.